The lowest BCUT2D eigenvalue weighted by atomic mass is 10.2. The fourth-order valence-electron chi connectivity index (χ4n) is 2.52. The minimum atomic E-state index is -1.09. The lowest BCUT2D eigenvalue weighted by molar-refractivity contribution is -0.134. The molecular formula is C18H16N4O4. The normalized spacial score (nSPS) is 11.0. The molecule has 0 bridgehead atoms. The molecule has 1 aromatic heterocycles. The van der Waals surface area contributed by atoms with E-state index in [1.165, 1.54) is 11.7 Å². The number of carbonyl (C=O) groups is 2. The van der Waals surface area contributed by atoms with Gasteiger partial charge in [0.05, 0.1) is 18.3 Å². The monoisotopic (exact) mass is 352 g/mol. The molecule has 3 rings (SSSR count). The van der Waals surface area contributed by atoms with Crippen LogP contribution in [0.2, 0.25) is 0 Å². The van der Waals surface area contributed by atoms with Gasteiger partial charge >= 0.3 is 11.8 Å². The number of carbonyl (C=O) groups excluding carboxylic acids is 2. The molecule has 0 aliphatic heterocycles. The maximum atomic E-state index is 12.0. The Balaban J connectivity index is 1.82. The van der Waals surface area contributed by atoms with Gasteiger partial charge in [-0.15, -0.1) is 10.2 Å². The van der Waals surface area contributed by atoms with Crippen molar-refractivity contribution in [2.24, 2.45) is 17.3 Å². The fraction of sp³-hybridized carbons (Fsp3) is 0.111. The molecule has 3 aromatic rings. The summed E-state index contributed by atoms with van der Waals surface area (Å²) in [6, 6.07) is 13.8. The molecule has 0 radical (unpaired) electrons. The number of ether oxygens (including phenoxy) is 1. The first-order valence-electron chi connectivity index (χ1n) is 7.69. The molecule has 0 saturated carbocycles. The molecule has 0 aliphatic rings. The van der Waals surface area contributed by atoms with E-state index in [9.17, 15) is 14.7 Å². The Morgan fingerprint density at radius 1 is 1.12 bits per heavy atom. The Morgan fingerprint density at radius 3 is 2.58 bits per heavy atom. The van der Waals surface area contributed by atoms with Crippen LogP contribution in [0.1, 0.15) is 0 Å². The van der Waals surface area contributed by atoms with Gasteiger partial charge in [0.2, 0.25) is 5.88 Å². The number of anilines is 1. The summed E-state index contributed by atoms with van der Waals surface area (Å²) in [5.41, 5.74) is 1.20. The Bertz CT molecular complexity index is 1020. The highest BCUT2D eigenvalue weighted by Crippen LogP contribution is 2.37. The van der Waals surface area contributed by atoms with Crippen molar-refractivity contribution in [2.75, 3.05) is 12.4 Å². The third-order valence-electron chi connectivity index (χ3n) is 3.84. The van der Waals surface area contributed by atoms with Crippen LogP contribution in [0.25, 0.3) is 10.9 Å². The van der Waals surface area contributed by atoms with Crippen LogP contribution in [0.5, 0.6) is 11.6 Å². The number of nitrogens with zero attached hydrogens (tertiary/aromatic N) is 3. The van der Waals surface area contributed by atoms with Crippen molar-refractivity contribution < 1.29 is 19.4 Å². The summed E-state index contributed by atoms with van der Waals surface area (Å²) in [6.45, 7) is 0. The van der Waals surface area contributed by atoms with E-state index in [0.717, 1.165) is 5.52 Å². The first kappa shape index (κ1) is 17.2. The standard InChI is InChI=1S/C18H16N4O4/c1-22-13-9-5-3-7-11(13)15(18(22)25)20-21-17(24)16(23)19-12-8-4-6-10-14(12)26-2/h3-10,25H,1-2H3,(H,19,23). The maximum absolute atomic E-state index is 12.0. The van der Waals surface area contributed by atoms with Gasteiger partial charge in [-0.2, -0.15) is 0 Å². The number of azo groups is 1. The van der Waals surface area contributed by atoms with Crippen molar-refractivity contribution in [1.82, 2.24) is 4.57 Å². The summed E-state index contributed by atoms with van der Waals surface area (Å²) in [7, 11) is 3.11. The first-order valence-corrected chi connectivity index (χ1v) is 7.69. The molecule has 2 aromatic carbocycles. The minimum Gasteiger partial charge on any atom is -0.495 e. The highest BCUT2D eigenvalue weighted by atomic mass is 16.5. The van der Waals surface area contributed by atoms with Gasteiger partial charge in [0.1, 0.15) is 5.75 Å². The van der Waals surface area contributed by atoms with Crippen LogP contribution in [-0.4, -0.2) is 28.6 Å². The Kier molecular flexibility index (Phi) is 4.66. The van der Waals surface area contributed by atoms with E-state index in [1.54, 1.807) is 49.5 Å². The quantitative estimate of drug-likeness (QED) is 0.558. The number of methoxy groups -OCH3 is 1. The number of aryl methyl sites for hydroxylation is 1. The molecule has 26 heavy (non-hydrogen) atoms. The molecule has 2 N–H and O–H groups in total. The molecule has 0 unspecified atom stereocenters. The van der Waals surface area contributed by atoms with E-state index in [4.69, 9.17) is 4.74 Å². The van der Waals surface area contributed by atoms with Crippen LogP contribution >= 0.6 is 0 Å². The number of fused-ring (bicyclic) bond motifs is 1. The third kappa shape index (κ3) is 3.12. The van der Waals surface area contributed by atoms with Gasteiger partial charge in [0, 0.05) is 12.4 Å². The summed E-state index contributed by atoms with van der Waals surface area (Å²) in [4.78, 5) is 24.0. The number of nitrogens with one attached hydrogen (secondary N) is 1. The van der Waals surface area contributed by atoms with Crippen LogP contribution in [0.4, 0.5) is 11.4 Å². The summed E-state index contributed by atoms with van der Waals surface area (Å²) < 4.78 is 6.62. The molecule has 8 heteroatoms. The number of benzene rings is 2. The maximum Gasteiger partial charge on any atom is 0.353 e. The topological polar surface area (TPSA) is 105 Å². The SMILES string of the molecule is COc1ccccc1NC(=O)C(=O)N=Nc1c(O)n(C)c2ccccc12. The second-order valence-corrected chi connectivity index (χ2v) is 5.41. The number of hydrogen-bond acceptors (Lipinski definition) is 5. The van der Waals surface area contributed by atoms with Gasteiger partial charge < -0.3 is 19.7 Å². The molecule has 0 atom stereocenters. The number of rotatable bonds is 3. The highest BCUT2D eigenvalue weighted by molar-refractivity contribution is 6.40. The van der Waals surface area contributed by atoms with Gasteiger partial charge in [0.25, 0.3) is 0 Å². The predicted octanol–water partition coefficient (Wildman–Crippen LogP) is 3.14. The van der Waals surface area contributed by atoms with E-state index in [-0.39, 0.29) is 11.6 Å². The van der Waals surface area contributed by atoms with Gasteiger partial charge in [-0.3, -0.25) is 9.59 Å². The van der Waals surface area contributed by atoms with E-state index in [1.807, 2.05) is 6.07 Å². The Morgan fingerprint density at radius 2 is 1.81 bits per heavy atom. The Hall–Kier alpha value is -3.68. The largest absolute Gasteiger partial charge is 0.495 e. The highest BCUT2D eigenvalue weighted by Gasteiger charge is 2.17. The van der Waals surface area contributed by atoms with Crippen LogP contribution in [-0.2, 0) is 16.6 Å². The second kappa shape index (κ2) is 7.06. The van der Waals surface area contributed by atoms with Crippen molar-refractivity contribution in [1.29, 1.82) is 0 Å². The van der Waals surface area contributed by atoms with Crippen molar-refractivity contribution in [3.63, 3.8) is 0 Å². The summed E-state index contributed by atoms with van der Waals surface area (Å²) >= 11 is 0. The average Bonchev–Trinajstić information content (AvgIpc) is 2.91. The zero-order valence-electron chi connectivity index (χ0n) is 14.1. The molecule has 1 heterocycles. The number of para-hydroxylation sites is 3. The minimum absolute atomic E-state index is 0.126. The summed E-state index contributed by atoms with van der Waals surface area (Å²) in [5.74, 6) is -1.79. The summed E-state index contributed by atoms with van der Waals surface area (Å²) in [6.07, 6.45) is 0. The third-order valence-corrected chi connectivity index (χ3v) is 3.84. The van der Waals surface area contributed by atoms with Crippen LogP contribution in [0.15, 0.2) is 58.8 Å². The lowest BCUT2D eigenvalue weighted by Gasteiger charge is -2.07. The number of amides is 2. The second-order valence-electron chi connectivity index (χ2n) is 5.41. The van der Waals surface area contributed by atoms with Crippen LogP contribution < -0.4 is 10.1 Å². The van der Waals surface area contributed by atoms with Gasteiger partial charge in [-0.05, 0) is 18.2 Å². The van der Waals surface area contributed by atoms with E-state index in [2.05, 4.69) is 15.5 Å². The van der Waals surface area contributed by atoms with Crippen LogP contribution in [0, 0.1) is 0 Å². The number of aromatic nitrogens is 1. The number of aromatic hydroxyl groups is 1. The molecule has 8 nitrogen and oxygen atoms in total. The summed E-state index contributed by atoms with van der Waals surface area (Å²) in [5, 5.41) is 20.4. The first-order chi connectivity index (χ1) is 12.5. The molecule has 0 fully saturated rings. The zero-order valence-corrected chi connectivity index (χ0v) is 14.1. The Labute approximate surface area is 148 Å². The van der Waals surface area contributed by atoms with E-state index >= 15 is 0 Å². The molecule has 2 amide bonds. The molecular weight excluding hydrogens is 336 g/mol. The van der Waals surface area contributed by atoms with E-state index < -0.39 is 11.8 Å². The molecule has 132 valence electrons. The van der Waals surface area contributed by atoms with Gasteiger partial charge in [0.15, 0.2) is 5.69 Å². The van der Waals surface area contributed by atoms with Gasteiger partial charge in [-0.1, -0.05) is 30.3 Å². The zero-order chi connectivity index (χ0) is 18.7. The fourth-order valence-corrected chi connectivity index (χ4v) is 2.52. The molecule has 0 aliphatic carbocycles. The van der Waals surface area contributed by atoms with E-state index in [0.29, 0.717) is 16.8 Å². The lowest BCUT2D eigenvalue weighted by Crippen LogP contribution is -2.20. The molecule has 0 spiro atoms. The van der Waals surface area contributed by atoms with Crippen molar-refractivity contribution in [3.8, 4) is 11.6 Å². The van der Waals surface area contributed by atoms with Crippen molar-refractivity contribution in [2.45, 2.75) is 0 Å². The van der Waals surface area contributed by atoms with Gasteiger partial charge in [-0.25, -0.2) is 0 Å². The van der Waals surface area contributed by atoms with Crippen molar-refractivity contribution in [3.05, 3.63) is 48.5 Å². The molecule has 0 saturated heterocycles. The smallest absolute Gasteiger partial charge is 0.353 e. The van der Waals surface area contributed by atoms with Crippen LogP contribution in [0.3, 0.4) is 0 Å². The average molecular weight is 352 g/mol. The number of hydrogen-bond donors (Lipinski definition) is 2. The predicted molar refractivity (Wildman–Crippen MR) is 95.7 cm³/mol. The van der Waals surface area contributed by atoms with Crippen molar-refractivity contribution >= 4 is 34.1 Å².